The summed E-state index contributed by atoms with van der Waals surface area (Å²) in [4.78, 5) is 0. The first-order valence-corrected chi connectivity index (χ1v) is 7.70. The van der Waals surface area contributed by atoms with Crippen molar-refractivity contribution in [3.8, 4) is 11.8 Å². The fourth-order valence-corrected chi connectivity index (χ4v) is 2.91. The van der Waals surface area contributed by atoms with Gasteiger partial charge in [-0.25, -0.2) is 0 Å². The molecule has 7 heteroatoms. The van der Waals surface area contributed by atoms with Crippen molar-refractivity contribution in [2.24, 2.45) is 0 Å². The van der Waals surface area contributed by atoms with Gasteiger partial charge in [0.05, 0.1) is 5.69 Å². The number of aliphatic hydroxyl groups excluding tert-OH is 1. The Morgan fingerprint density at radius 2 is 2.00 bits per heavy atom. The summed E-state index contributed by atoms with van der Waals surface area (Å²) in [6.07, 6.45) is 0. The van der Waals surface area contributed by atoms with Crippen LogP contribution in [0.5, 0.6) is 0 Å². The maximum absolute atomic E-state index is 12.0. The second kappa shape index (κ2) is 6.46. The number of aliphatic hydroxyl groups is 1. The number of anilines is 1. The summed E-state index contributed by atoms with van der Waals surface area (Å²) < 4.78 is 28.8. The van der Waals surface area contributed by atoms with Gasteiger partial charge in [0.25, 0.3) is 10.2 Å². The molecule has 5 nitrogen and oxygen atoms in total. The standard InChI is InChI=1S/C13H17ClN2O3S/c1-13(2,3)16-20(18,19)15-12-9-11(14)7-6-10(12)5-4-8-17/h6-7,9,15-17H,8H2,1-3H3. The molecule has 0 spiro atoms. The maximum Gasteiger partial charge on any atom is 0.299 e. The maximum atomic E-state index is 12.0. The van der Waals surface area contributed by atoms with Gasteiger partial charge in [-0.15, -0.1) is 0 Å². The van der Waals surface area contributed by atoms with Crippen LogP contribution in [0.2, 0.25) is 5.02 Å². The summed E-state index contributed by atoms with van der Waals surface area (Å²) in [6.45, 7) is 4.89. The van der Waals surface area contributed by atoms with Crippen molar-refractivity contribution in [2.45, 2.75) is 26.3 Å². The topological polar surface area (TPSA) is 78.4 Å². The van der Waals surface area contributed by atoms with Crippen LogP contribution < -0.4 is 9.44 Å². The molecule has 1 aromatic rings. The number of benzene rings is 1. The highest BCUT2D eigenvalue weighted by molar-refractivity contribution is 7.90. The Hall–Kier alpha value is -1.26. The highest BCUT2D eigenvalue weighted by Gasteiger charge is 2.20. The predicted octanol–water partition coefficient (Wildman–Crippen LogP) is 1.73. The van der Waals surface area contributed by atoms with Crippen molar-refractivity contribution in [1.29, 1.82) is 0 Å². The number of nitrogens with one attached hydrogen (secondary N) is 2. The highest BCUT2D eigenvalue weighted by atomic mass is 35.5. The lowest BCUT2D eigenvalue weighted by molar-refractivity contribution is 0.350. The summed E-state index contributed by atoms with van der Waals surface area (Å²) in [5.41, 5.74) is 0.0828. The molecule has 1 aromatic carbocycles. The van der Waals surface area contributed by atoms with E-state index >= 15 is 0 Å². The van der Waals surface area contributed by atoms with Gasteiger partial charge < -0.3 is 5.11 Å². The van der Waals surface area contributed by atoms with Crippen LogP contribution in [0.25, 0.3) is 0 Å². The minimum atomic E-state index is -3.75. The molecule has 0 aromatic heterocycles. The van der Waals surface area contributed by atoms with Crippen molar-refractivity contribution >= 4 is 27.5 Å². The van der Waals surface area contributed by atoms with E-state index < -0.39 is 15.7 Å². The molecule has 1 rings (SSSR count). The zero-order chi connectivity index (χ0) is 15.4. The minimum absolute atomic E-state index is 0.259. The van der Waals surface area contributed by atoms with E-state index in [-0.39, 0.29) is 12.3 Å². The highest BCUT2D eigenvalue weighted by Crippen LogP contribution is 2.21. The Kier molecular flexibility index (Phi) is 5.42. The monoisotopic (exact) mass is 316 g/mol. The van der Waals surface area contributed by atoms with Crippen molar-refractivity contribution in [1.82, 2.24) is 4.72 Å². The van der Waals surface area contributed by atoms with Gasteiger partial charge in [-0.05, 0) is 39.0 Å². The fourth-order valence-electron chi connectivity index (χ4n) is 1.42. The zero-order valence-corrected chi connectivity index (χ0v) is 13.1. The molecule has 0 aliphatic heterocycles. The quantitative estimate of drug-likeness (QED) is 0.743. The molecule has 0 heterocycles. The third kappa shape index (κ3) is 5.80. The molecule has 0 saturated carbocycles. The number of halogens is 1. The zero-order valence-electron chi connectivity index (χ0n) is 11.5. The SMILES string of the molecule is CC(C)(C)NS(=O)(=O)Nc1cc(Cl)ccc1C#CCO. The summed E-state index contributed by atoms with van der Waals surface area (Å²) in [5, 5.41) is 9.09. The van der Waals surface area contributed by atoms with E-state index in [1.807, 2.05) is 0 Å². The third-order valence-corrected chi connectivity index (χ3v) is 3.57. The average Bonchev–Trinajstić information content (AvgIpc) is 2.24. The van der Waals surface area contributed by atoms with Gasteiger partial charge in [-0.1, -0.05) is 23.4 Å². The third-order valence-electron chi connectivity index (χ3n) is 1.97. The fraction of sp³-hybridized carbons (Fsp3) is 0.385. The van der Waals surface area contributed by atoms with E-state index in [2.05, 4.69) is 21.3 Å². The molecule has 3 N–H and O–H groups in total. The van der Waals surface area contributed by atoms with Crippen molar-refractivity contribution in [2.75, 3.05) is 11.3 Å². The van der Waals surface area contributed by atoms with Crippen LogP contribution in [0.4, 0.5) is 5.69 Å². The summed E-state index contributed by atoms with van der Waals surface area (Å²) in [6, 6.07) is 4.64. The molecule has 0 amide bonds. The molecule has 20 heavy (non-hydrogen) atoms. The number of hydrogen-bond donors (Lipinski definition) is 3. The molecule has 0 atom stereocenters. The van der Waals surface area contributed by atoms with Gasteiger partial charge in [0, 0.05) is 16.1 Å². The molecule has 0 bridgehead atoms. The van der Waals surface area contributed by atoms with Crippen LogP contribution in [-0.4, -0.2) is 25.7 Å². The second-order valence-corrected chi connectivity index (χ2v) is 6.96. The van der Waals surface area contributed by atoms with Crippen molar-refractivity contribution in [3.05, 3.63) is 28.8 Å². The molecule has 0 saturated heterocycles. The lowest BCUT2D eigenvalue weighted by Crippen LogP contribution is -2.43. The summed E-state index contributed by atoms with van der Waals surface area (Å²) >= 11 is 5.86. The van der Waals surface area contributed by atoms with E-state index in [9.17, 15) is 8.42 Å². The molecule has 0 aliphatic rings. The second-order valence-electron chi connectivity index (χ2n) is 5.11. The molecule has 0 aliphatic carbocycles. The summed E-state index contributed by atoms with van der Waals surface area (Å²) in [7, 11) is -3.75. The normalized spacial score (nSPS) is 11.7. The largest absolute Gasteiger partial charge is 0.384 e. The van der Waals surface area contributed by atoms with Gasteiger partial charge >= 0.3 is 0 Å². The smallest absolute Gasteiger partial charge is 0.299 e. The Labute approximate surface area is 124 Å². The Balaban J connectivity index is 3.11. The Morgan fingerprint density at radius 3 is 2.55 bits per heavy atom. The van der Waals surface area contributed by atoms with Gasteiger partial charge in [0.2, 0.25) is 0 Å². The molecule has 0 fully saturated rings. The number of hydrogen-bond acceptors (Lipinski definition) is 3. The molecule has 0 radical (unpaired) electrons. The molecular weight excluding hydrogens is 300 g/mol. The van der Waals surface area contributed by atoms with Crippen LogP contribution >= 0.6 is 11.6 Å². The van der Waals surface area contributed by atoms with Crippen LogP contribution in [0, 0.1) is 11.8 Å². The lowest BCUT2D eigenvalue weighted by atomic mass is 10.1. The molecule has 0 unspecified atom stereocenters. The van der Waals surface area contributed by atoms with E-state index in [0.717, 1.165) is 0 Å². The van der Waals surface area contributed by atoms with E-state index in [0.29, 0.717) is 10.6 Å². The van der Waals surface area contributed by atoms with Crippen LogP contribution in [0.1, 0.15) is 26.3 Å². The Bertz CT molecular complexity index is 640. The predicted molar refractivity (Wildman–Crippen MR) is 80.8 cm³/mol. The number of rotatable bonds is 3. The van der Waals surface area contributed by atoms with Gasteiger partial charge in [0.15, 0.2) is 0 Å². The van der Waals surface area contributed by atoms with E-state index in [1.165, 1.54) is 6.07 Å². The molecular formula is C13H17ClN2O3S. The van der Waals surface area contributed by atoms with Crippen molar-refractivity contribution < 1.29 is 13.5 Å². The van der Waals surface area contributed by atoms with Crippen LogP contribution in [0.3, 0.4) is 0 Å². The summed E-state index contributed by atoms with van der Waals surface area (Å²) in [5.74, 6) is 5.13. The molecule has 110 valence electrons. The minimum Gasteiger partial charge on any atom is -0.384 e. The van der Waals surface area contributed by atoms with Gasteiger partial charge in [0.1, 0.15) is 6.61 Å². The van der Waals surface area contributed by atoms with E-state index in [1.54, 1.807) is 32.9 Å². The van der Waals surface area contributed by atoms with Gasteiger partial charge in [-0.2, -0.15) is 13.1 Å². The van der Waals surface area contributed by atoms with Crippen LogP contribution in [-0.2, 0) is 10.2 Å². The first-order valence-electron chi connectivity index (χ1n) is 5.84. The van der Waals surface area contributed by atoms with Gasteiger partial charge in [-0.3, -0.25) is 4.72 Å². The first kappa shape index (κ1) is 16.8. The Morgan fingerprint density at radius 1 is 1.35 bits per heavy atom. The van der Waals surface area contributed by atoms with Crippen molar-refractivity contribution in [3.63, 3.8) is 0 Å². The lowest BCUT2D eigenvalue weighted by Gasteiger charge is -2.21. The van der Waals surface area contributed by atoms with E-state index in [4.69, 9.17) is 16.7 Å². The average molecular weight is 317 g/mol. The van der Waals surface area contributed by atoms with Crippen LogP contribution in [0.15, 0.2) is 18.2 Å². The first-order chi connectivity index (χ1) is 9.13.